The third kappa shape index (κ3) is 2.18. The smallest absolute Gasteiger partial charge is 0.159 e. The summed E-state index contributed by atoms with van der Waals surface area (Å²) in [7, 11) is 0. The van der Waals surface area contributed by atoms with E-state index in [0.717, 1.165) is 25.0 Å². The lowest BCUT2D eigenvalue weighted by molar-refractivity contribution is 0.116. The highest BCUT2D eigenvalue weighted by molar-refractivity contribution is 5.42. The van der Waals surface area contributed by atoms with Crippen LogP contribution in [0.25, 0.3) is 0 Å². The Labute approximate surface area is 171 Å². The van der Waals surface area contributed by atoms with Gasteiger partial charge in [0.15, 0.2) is 6.29 Å². The van der Waals surface area contributed by atoms with Gasteiger partial charge in [0.1, 0.15) is 11.9 Å². The predicted octanol–water partition coefficient (Wildman–Crippen LogP) is 3.64. The molecular weight excluding hydrogens is 358 g/mol. The molecule has 0 saturated carbocycles. The maximum absolute atomic E-state index is 6.22. The van der Waals surface area contributed by atoms with Gasteiger partial charge in [0.25, 0.3) is 0 Å². The van der Waals surface area contributed by atoms with E-state index in [0.29, 0.717) is 24.0 Å². The molecule has 146 valence electrons. The lowest BCUT2D eigenvalue weighted by Gasteiger charge is -2.36. The Balaban J connectivity index is 1.23. The Morgan fingerprint density at radius 1 is 0.931 bits per heavy atom. The summed E-state index contributed by atoms with van der Waals surface area (Å²) in [5, 5.41) is 3.88. The van der Waals surface area contributed by atoms with E-state index in [1.54, 1.807) is 0 Å². The third-order valence-corrected chi connectivity index (χ3v) is 7.36. The normalized spacial score (nSPS) is 40.6. The second-order valence-electron chi connectivity index (χ2n) is 8.83. The van der Waals surface area contributed by atoms with Crippen molar-refractivity contribution in [2.24, 2.45) is 5.92 Å². The van der Waals surface area contributed by atoms with Crippen LogP contribution in [0.1, 0.15) is 19.3 Å². The van der Waals surface area contributed by atoms with Crippen molar-refractivity contribution < 1.29 is 4.74 Å². The molecule has 3 heterocycles. The van der Waals surface area contributed by atoms with Crippen LogP contribution in [0.15, 0.2) is 95.6 Å². The fourth-order valence-corrected chi connectivity index (χ4v) is 6.10. The quantitative estimate of drug-likeness (QED) is 0.748. The average Bonchev–Trinajstić information content (AvgIpc) is 3.41. The zero-order valence-electron chi connectivity index (χ0n) is 16.3. The van der Waals surface area contributed by atoms with Gasteiger partial charge in [0, 0.05) is 17.7 Å². The lowest BCUT2D eigenvalue weighted by atomic mass is 9.85. The number of nitrogens with one attached hydrogen (secondary N) is 1. The molecule has 6 atom stereocenters. The summed E-state index contributed by atoms with van der Waals surface area (Å²) in [6.45, 7) is 0. The van der Waals surface area contributed by atoms with E-state index < -0.39 is 0 Å². The van der Waals surface area contributed by atoms with E-state index in [4.69, 9.17) is 4.74 Å². The molecule has 0 aromatic rings. The minimum absolute atomic E-state index is 0.178. The van der Waals surface area contributed by atoms with Crippen molar-refractivity contribution in [1.29, 1.82) is 0 Å². The maximum Gasteiger partial charge on any atom is 0.159 e. The van der Waals surface area contributed by atoms with Crippen molar-refractivity contribution in [1.82, 2.24) is 15.1 Å². The van der Waals surface area contributed by atoms with Gasteiger partial charge in [-0.05, 0) is 43.1 Å². The molecule has 4 aliphatic carbocycles. The molecule has 7 rings (SSSR count). The Morgan fingerprint density at radius 2 is 1.79 bits per heavy atom. The first-order valence-corrected chi connectivity index (χ1v) is 10.9. The number of nitrogens with zero attached hydrogens (tertiary/aromatic N) is 2. The molecule has 1 saturated heterocycles. The van der Waals surface area contributed by atoms with Crippen LogP contribution < -0.4 is 5.32 Å². The summed E-state index contributed by atoms with van der Waals surface area (Å²) >= 11 is 0. The maximum atomic E-state index is 6.22. The molecule has 0 spiro atoms. The number of hydrogen-bond acceptors (Lipinski definition) is 4. The molecule has 29 heavy (non-hydrogen) atoms. The fourth-order valence-electron chi connectivity index (χ4n) is 6.10. The molecule has 3 aliphatic heterocycles. The van der Waals surface area contributed by atoms with Crippen LogP contribution in [0.4, 0.5) is 0 Å². The SMILES string of the molecule is C1=CC2OC3=C(CC(N4C5C=CC=CC5N5C6=C(CCC=C6)NC54)C=C3)C2C=C1. The van der Waals surface area contributed by atoms with Crippen LogP contribution >= 0.6 is 0 Å². The monoisotopic (exact) mass is 383 g/mol. The van der Waals surface area contributed by atoms with Crippen LogP contribution in [0.2, 0.25) is 0 Å². The van der Waals surface area contributed by atoms with Crippen LogP contribution in [0.5, 0.6) is 0 Å². The second kappa shape index (κ2) is 5.90. The van der Waals surface area contributed by atoms with E-state index in [1.807, 2.05) is 0 Å². The lowest BCUT2D eigenvalue weighted by Crippen LogP contribution is -2.50. The van der Waals surface area contributed by atoms with Gasteiger partial charge in [-0.25, -0.2) is 0 Å². The van der Waals surface area contributed by atoms with Crippen molar-refractivity contribution in [3.63, 3.8) is 0 Å². The second-order valence-corrected chi connectivity index (χ2v) is 8.83. The van der Waals surface area contributed by atoms with Gasteiger partial charge in [0.2, 0.25) is 0 Å². The molecule has 0 amide bonds. The number of allylic oxidation sites excluding steroid dienone is 8. The molecule has 0 radical (unpaired) electrons. The highest BCUT2D eigenvalue weighted by atomic mass is 16.5. The van der Waals surface area contributed by atoms with Gasteiger partial charge >= 0.3 is 0 Å². The summed E-state index contributed by atoms with van der Waals surface area (Å²) in [5.74, 6) is 1.49. The molecule has 6 unspecified atom stereocenters. The Bertz CT molecular complexity index is 1010. The van der Waals surface area contributed by atoms with Crippen LogP contribution in [-0.4, -0.2) is 40.3 Å². The van der Waals surface area contributed by atoms with E-state index in [2.05, 4.69) is 88.0 Å². The summed E-state index contributed by atoms with van der Waals surface area (Å²) < 4.78 is 6.22. The first kappa shape index (κ1) is 16.1. The standard InChI is InChI=1S/C25H25N3O/c1-6-12-23-17(7-1)18-15-16(13-14-24(18)29-23)27-21-10-4-5-11-22(21)28-20-9-3-2-8-19(20)26-25(27)28/h1,3-7,9-14,16-17,21-23,25-26H,2,8,15H2. The molecule has 0 aromatic carbocycles. The van der Waals surface area contributed by atoms with E-state index in [9.17, 15) is 0 Å². The van der Waals surface area contributed by atoms with E-state index in [-0.39, 0.29) is 12.4 Å². The van der Waals surface area contributed by atoms with Crippen molar-refractivity contribution in [3.05, 3.63) is 95.6 Å². The fraction of sp³-hybridized carbons (Fsp3) is 0.360. The molecule has 4 nitrogen and oxygen atoms in total. The van der Waals surface area contributed by atoms with Crippen LogP contribution in [0, 0.1) is 5.92 Å². The van der Waals surface area contributed by atoms with Crippen molar-refractivity contribution in [3.8, 4) is 0 Å². The third-order valence-electron chi connectivity index (χ3n) is 7.36. The first-order chi connectivity index (χ1) is 14.4. The summed E-state index contributed by atoms with van der Waals surface area (Å²) in [6, 6.07) is 1.15. The number of rotatable bonds is 1. The first-order valence-electron chi connectivity index (χ1n) is 10.9. The molecule has 1 N–H and O–H groups in total. The Kier molecular flexibility index (Phi) is 3.28. The van der Waals surface area contributed by atoms with Gasteiger partial charge in [-0.2, -0.15) is 0 Å². The molecule has 1 fully saturated rings. The number of ether oxygens (including phenoxy) is 1. The minimum Gasteiger partial charge on any atom is -0.485 e. The summed E-state index contributed by atoms with van der Waals surface area (Å²) in [4.78, 5) is 5.29. The highest BCUT2D eigenvalue weighted by Gasteiger charge is 2.52. The van der Waals surface area contributed by atoms with Gasteiger partial charge < -0.3 is 15.0 Å². The number of fused-ring (bicyclic) bond motifs is 6. The molecular formula is C25H25N3O. The molecule has 7 aliphatic rings. The Morgan fingerprint density at radius 3 is 2.76 bits per heavy atom. The largest absolute Gasteiger partial charge is 0.485 e. The topological polar surface area (TPSA) is 27.7 Å². The van der Waals surface area contributed by atoms with Crippen molar-refractivity contribution >= 4 is 0 Å². The van der Waals surface area contributed by atoms with Crippen LogP contribution in [-0.2, 0) is 4.74 Å². The summed E-state index contributed by atoms with van der Waals surface area (Å²) in [6.07, 6.45) is 30.9. The Hall–Kier alpha value is -2.72. The van der Waals surface area contributed by atoms with Gasteiger partial charge in [-0.15, -0.1) is 0 Å². The van der Waals surface area contributed by atoms with Gasteiger partial charge in [-0.3, -0.25) is 4.90 Å². The number of hydrogen-bond donors (Lipinski definition) is 1. The van der Waals surface area contributed by atoms with E-state index in [1.165, 1.54) is 17.0 Å². The molecule has 4 heteroatoms. The van der Waals surface area contributed by atoms with Gasteiger partial charge in [-0.1, -0.05) is 54.7 Å². The van der Waals surface area contributed by atoms with Crippen molar-refractivity contribution in [2.45, 2.75) is 49.8 Å². The van der Waals surface area contributed by atoms with Gasteiger partial charge in [0.05, 0.1) is 17.8 Å². The predicted molar refractivity (Wildman–Crippen MR) is 113 cm³/mol. The molecule has 0 bridgehead atoms. The van der Waals surface area contributed by atoms with E-state index >= 15 is 0 Å². The zero-order valence-corrected chi connectivity index (χ0v) is 16.3. The highest BCUT2D eigenvalue weighted by Crippen LogP contribution is 2.46. The molecule has 0 aromatic heterocycles. The average molecular weight is 383 g/mol. The minimum atomic E-state index is 0.178. The van der Waals surface area contributed by atoms with Crippen LogP contribution in [0.3, 0.4) is 0 Å². The summed E-state index contributed by atoms with van der Waals surface area (Å²) in [5.41, 5.74) is 4.26. The van der Waals surface area contributed by atoms with Crippen molar-refractivity contribution in [2.75, 3.05) is 0 Å². The zero-order chi connectivity index (χ0) is 18.9.